The van der Waals surface area contributed by atoms with Gasteiger partial charge in [0, 0.05) is 18.7 Å². The van der Waals surface area contributed by atoms with Gasteiger partial charge in [0.05, 0.1) is 11.6 Å². The lowest BCUT2D eigenvalue weighted by Crippen LogP contribution is -2.37. The minimum absolute atomic E-state index is 0.0649. The lowest BCUT2D eigenvalue weighted by molar-refractivity contribution is -0.140. The van der Waals surface area contributed by atoms with Crippen molar-refractivity contribution in [2.24, 2.45) is 0 Å². The van der Waals surface area contributed by atoms with Gasteiger partial charge in [-0.15, -0.1) is 0 Å². The molecule has 1 N–H and O–H groups in total. The zero-order chi connectivity index (χ0) is 24.4. The molecule has 1 amide bonds. The Hall–Kier alpha value is -3.78. The minimum Gasteiger partial charge on any atom is -0.507 e. The molecule has 2 aromatic rings. The van der Waals surface area contributed by atoms with E-state index in [1.165, 1.54) is 0 Å². The van der Waals surface area contributed by atoms with Crippen molar-refractivity contribution in [3.8, 4) is 17.2 Å². The second kappa shape index (κ2) is 9.84. The van der Waals surface area contributed by atoms with Gasteiger partial charge in [-0.1, -0.05) is 24.8 Å². The maximum absolute atomic E-state index is 13.2. The number of carbonyl (C=O) groups is 2. The molecule has 1 unspecified atom stereocenters. The third-order valence-corrected chi connectivity index (χ3v) is 6.61. The van der Waals surface area contributed by atoms with Gasteiger partial charge in [0.25, 0.3) is 11.7 Å². The Morgan fingerprint density at radius 1 is 1.06 bits per heavy atom. The highest BCUT2D eigenvalue weighted by molar-refractivity contribution is 6.46. The molecule has 8 nitrogen and oxygen atoms in total. The van der Waals surface area contributed by atoms with Gasteiger partial charge >= 0.3 is 0 Å². The van der Waals surface area contributed by atoms with Crippen molar-refractivity contribution in [2.75, 3.05) is 39.6 Å². The van der Waals surface area contributed by atoms with E-state index >= 15 is 0 Å². The maximum Gasteiger partial charge on any atom is 0.295 e. The third kappa shape index (κ3) is 4.49. The molecular weight excluding hydrogens is 448 g/mol. The Bertz CT molecular complexity index is 1170. The molecule has 2 aromatic carbocycles. The first-order valence-electron chi connectivity index (χ1n) is 11.8. The van der Waals surface area contributed by atoms with Crippen LogP contribution in [0.4, 0.5) is 0 Å². The van der Waals surface area contributed by atoms with Crippen molar-refractivity contribution in [1.82, 2.24) is 9.80 Å². The molecule has 0 aromatic heterocycles. The van der Waals surface area contributed by atoms with Crippen LogP contribution in [0.5, 0.6) is 17.2 Å². The fourth-order valence-electron chi connectivity index (χ4n) is 4.81. The van der Waals surface area contributed by atoms with Gasteiger partial charge in [0.15, 0.2) is 11.5 Å². The summed E-state index contributed by atoms with van der Waals surface area (Å²) in [4.78, 5) is 30.3. The van der Waals surface area contributed by atoms with Gasteiger partial charge in [-0.2, -0.15) is 0 Å². The van der Waals surface area contributed by atoms with E-state index in [2.05, 4.69) is 11.5 Å². The molecule has 3 heterocycles. The highest BCUT2D eigenvalue weighted by Gasteiger charge is 2.46. The first-order chi connectivity index (χ1) is 17.1. The molecule has 1 atom stereocenters. The zero-order valence-electron chi connectivity index (χ0n) is 19.4. The monoisotopic (exact) mass is 476 g/mol. The van der Waals surface area contributed by atoms with Gasteiger partial charge in [-0.25, -0.2) is 0 Å². The zero-order valence-corrected chi connectivity index (χ0v) is 19.4. The SMILES string of the molecule is C=CCOc1ccc(C2/C(=C(\O)c3ccc4c(c3)OCO4)C(=O)C(=O)N2CCN2CCCC2)cc1. The van der Waals surface area contributed by atoms with Crippen LogP contribution >= 0.6 is 0 Å². The lowest BCUT2D eigenvalue weighted by Gasteiger charge is -2.27. The summed E-state index contributed by atoms with van der Waals surface area (Å²) in [5.41, 5.74) is 1.18. The van der Waals surface area contributed by atoms with Gasteiger partial charge in [0.1, 0.15) is 18.1 Å². The van der Waals surface area contributed by atoms with Crippen molar-refractivity contribution in [3.05, 3.63) is 71.8 Å². The number of ketones is 1. The fourth-order valence-corrected chi connectivity index (χ4v) is 4.81. The number of nitrogens with zero attached hydrogens (tertiary/aromatic N) is 2. The summed E-state index contributed by atoms with van der Waals surface area (Å²) in [7, 11) is 0. The summed E-state index contributed by atoms with van der Waals surface area (Å²) in [6.45, 7) is 7.17. The second-order valence-corrected chi connectivity index (χ2v) is 8.78. The summed E-state index contributed by atoms with van der Waals surface area (Å²) < 4.78 is 16.4. The molecule has 5 rings (SSSR count). The molecule has 0 aliphatic carbocycles. The number of aliphatic hydroxyl groups excluding tert-OH is 1. The molecule has 3 aliphatic heterocycles. The Labute approximate surface area is 204 Å². The molecule has 8 heteroatoms. The first kappa shape index (κ1) is 23.0. The highest BCUT2D eigenvalue weighted by atomic mass is 16.7. The van der Waals surface area contributed by atoms with Gasteiger partial charge in [-0.05, 0) is 61.8 Å². The van der Waals surface area contributed by atoms with Crippen LogP contribution in [-0.2, 0) is 9.59 Å². The maximum atomic E-state index is 13.2. The standard InChI is InChI=1S/C27H28N2O6/c1-2-15-33-20-8-5-18(6-9-20)24-23(25(30)19-7-10-21-22(16-19)35-17-34-21)26(31)27(32)29(24)14-13-28-11-3-4-12-28/h2,5-10,16,24,30H,1,3-4,11-15,17H2/b25-23+. The largest absolute Gasteiger partial charge is 0.507 e. The molecule has 35 heavy (non-hydrogen) atoms. The number of ether oxygens (including phenoxy) is 3. The number of benzene rings is 2. The Morgan fingerprint density at radius 3 is 2.54 bits per heavy atom. The molecule has 0 radical (unpaired) electrons. The fraction of sp³-hybridized carbons (Fsp3) is 0.333. The highest BCUT2D eigenvalue weighted by Crippen LogP contribution is 2.41. The summed E-state index contributed by atoms with van der Waals surface area (Å²) in [5.74, 6) is 0.166. The normalized spacial score (nSPS) is 21.0. The molecule has 0 saturated carbocycles. The molecule has 182 valence electrons. The van der Waals surface area contributed by atoms with E-state index in [4.69, 9.17) is 14.2 Å². The first-order valence-corrected chi connectivity index (χ1v) is 11.8. The van der Waals surface area contributed by atoms with Crippen LogP contribution in [0.3, 0.4) is 0 Å². The molecule has 2 saturated heterocycles. The summed E-state index contributed by atoms with van der Waals surface area (Å²) in [5, 5.41) is 11.3. The number of Topliss-reactive ketones (excluding diaryl/α,β-unsaturated/α-hetero) is 1. The number of rotatable bonds is 8. The topological polar surface area (TPSA) is 88.5 Å². The van der Waals surface area contributed by atoms with Crippen LogP contribution in [0.15, 0.2) is 60.7 Å². The number of aliphatic hydroxyl groups is 1. The van der Waals surface area contributed by atoms with Crippen molar-refractivity contribution >= 4 is 17.4 Å². The average molecular weight is 477 g/mol. The van der Waals surface area contributed by atoms with Gasteiger partial charge in [-0.3, -0.25) is 9.59 Å². The summed E-state index contributed by atoms with van der Waals surface area (Å²) >= 11 is 0. The number of likely N-dealkylation sites (tertiary alicyclic amines) is 2. The number of carbonyl (C=O) groups excluding carboxylic acids is 2. The molecule has 0 spiro atoms. The van der Waals surface area contributed by atoms with Crippen molar-refractivity contribution < 1.29 is 28.9 Å². The Morgan fingerprint density at radius 2 is 1.80 bits per heavy atom. The van der Waals surface area contributed by atoms with E-state index in [-0.39, 0.29) is 18.1 Å². The van der Waals surface area contributed by atoms with Crippen molar-refractivity contribution in [1.29, 1.82) is 0 Å². The molecular formula is C27H28N2O6. The molecule has 2 fully saturated rings. The predicted octanol–water partition coefficient (Wildman–Crippen LogP) is 3.50. The summed E-state index contributed by atoms with van der Waals surface area (Å²) in [6.07, 6.45) is 3.93. The number of amides is 1. The van der Waals surface area contributed by atoms with Crippen LogP contribution in [0.1, 0.15) is 30.0 Å². The molecule has 0 bridgehead atoms. The third-order valence-electron chi connectivity index (χ3n) is 6.61. The average Bonchev–Trinajstić information content (AvgIpc) is 3.62. The van der Waals surface area contributed by atoms with E-state index in [9.17, 15) is 14.7 Å². The lowest BCUT2D eigenvalue weighted by atomic mass is 9.95. The number of hydrogen-bond acceptors (Lipinski definition) is 7. The van der Waals surface area contributed by atoms with Gasteiger partial charge in [0.2, 0.25) is 6.79 Å². The van der Waals surface area contributed by atoms with Crippen LogP contribution in [0.2, 0.25) is 0 Å². The van der Waals surface area contributed by atoms with Gasteiger partial charge < -0.3 is 29.1 Å². The van der Waals surface area contributed by atoms with Crippen LogP contribution in [0.25, 0.3) is 5.76 Å². The smallest absolute Gasteiger partial charge is 0.295 e. The van der Waals surface area contributed by atoms with E-state index in [0.717, 1.165) is 31.5 Å². The molecule has 3 aliphatic rings. The quantitative estimate of drug-likeness (QED) is 0.270. The number of fused-ring (bicyclic) bond motifs is 1. The van der Waals surface area contributed by atoms with E-state index in [0.29, 0.717) is 42.5 Å². The van der Waals surface area contributed by atoms with E-state index < -0.39 is 17.7 Å². The number of hydrogen-bond donors (Lipinski definition) is 1. The minimum atomic E-state index is -0.712. The Balaban J connectivity index is 1.52. The second-order valence-electron chi connectivity index (χ2n) is 8.78. The predicted molar refractivity (Wildman–Crippen MR) is 129 cm³/mol. The van der Waals surface area contributed by atoms with Crippen LogP contribution in [-0.4, -0.2) is 66.2 Å². The van der Waals surface area contributed by atoms with E-state index in [1.807, 2.05) is 12.1 Å². The Kier molecular flexibility index (Phi) is 6.46. The summed E-state index contributed by atoms with van der Waals surface area (Å²) in [6, 6.07) is 11.5. The van der Waals surface area contributed by atoms with Crippen molar-refractivity contribution in [2.45, 2.75) is 18.9 Å². The van der Waals surface area contributed by atoms with E-state index in [1.54, 1.807) is 41.3 Å². The van der Waals surface area contributed by atoms with Crippen molar-refractivity contribution in [3.63, 3.8) is 0 Å². The van der Waals surface area contributed by atoms with Crippen LogP contribution < -0.4 is 14.2 Å². The van der Waals surface area contributed by atoms with Crippen LogP contribution in [0, 0.1) is 0 Å².